The highest BCUT2D eigenvalue weighted by molar-refractivity contribution is 5.76. The maximum atomic E-state index is 12.8. The fourth-order valence-electron chi connectivity index (χ4n) is 4.07. The van der Waals surface area contributed by atoms with Gasteiger partial charge in [0.05, 0.1) is 6.61 Å². The average molecular weight is 439 g/mol. The summed E-state index contributed by atoms with van der Waals surface area (Å²) in [4.78, 5) is 30.0. The molecule has 32 heavy (non-hydrogen) atoms. The highest BCUT2D eigenvalue weighted by Gasteiger charge is 2.18. The predicted molar refractivity (Wildman–Crippen MR) is 125 cm³/mol. The van der Waals surface area contributed by atoms with Crippen LogP contribution in [0.5, 0.6) is 5.75 Å². The van der Waals surface area contributed by atoms with Gasteiger partial charge >= 0.3 is 5.69 Å². The summed E-state index contributed by atoms with van der Waals surface area (Å²) in [7, 11) is 1.80. The van der Waals surface area contributed by atoms with Gasteiger partial charge in [-0.15, -0.1) is 0 Å². The topological polar surface area (TPSA) is 80.3 Å². The van der Waals surface area contributed by atoms with Crippen molar-refractivity contribution < 1.29 is 9.47 Å². The summed E-state index contributed by atoms with van der Waals surface area (Å²) in [6, 6.07) is 7.90. The molecule has 1 aromatic carbocycles. The Bertz CT molecular complexity index is 1230. The molecule has 0 bridgehead atoms. The Balaban J connectivity index is 1.55. The second kappa shape index (κ2) is 9.56. The van der Waals surface area contributed by atoms with E-state index in [0.29, 0.717) is 42.6 Å². The summed E-state index contributed by atoms with van der Waals surface area (Å²) >= 11 is 0. The Labute approximate surface area is 186 Å². The van der Waals surface area contributed by atoms with Gasteiger partial charge in [-0.25, -0.2) is 9.78 Å². The Hall–Kier alpha value is -3.13. The van der Waals surface area contributed by atoms with Crippen LogP contribution in [0.4, 0.5) is 0 Å². The summed E-state index contributed by atoms with van der Waals surface area (Å²) in [6.45, 7) is 6.80. The number of ether oxygens (including phenoxy) is 2. The van der Waals surface area contributed by atoms with E-state index in [1.165, 1.54) is 4.57 Å². The van der Waals surface area contributed by atoms with E-state index in [2.05, 4.69) is 4.98 Å². The lowest BCUT2D eigenvalue weighted by Crippen LogP contribution is -2.39. The van der Waals surface area contributed by atoms with Gasteiger partial charge < -0.3 is 14.0 Å². The fraction of sp³-hybridized carbons (Fsp3) is 0.458. The third-order valence-corrected chi connectivity index (χ3v) is 6.04. The van der Waals surface area contributed by atoms with Crippen LogP contribution >= 0.6 is 0 Å². The minimum absolute atomic E-state index is 0.308. The third kappa shape index (κ3) is 4.27. The van der Waals surface area contributed by atoms with Crippen molar-refractivity contribution in [3.8, 4) is 5.75 Å². The maximum absolute atomic E-state index is 12.8. The highest BCUT2D eigenvalue weighted by atomic mass is 16.5. The zero-order valence-electron chi connectivity index (χ0n) is 18.9. The molecule has 1 fully saturated rings. The van der Waals surface area contributed by atoms with Crippen LogP contribution in [-0.2, 0) is 24.9 Å². The first kappa shape index (κ1) is 22.1. The van der Waals surface area contributed by atoms with E-state index in [4.69, 9.17) is 9.47 Å². The van der Waals surface area contributed by atoms with Gasteiger partial charge in [0.2, 0.25) is 0 Å². The molecular formula is C24H30N4O4. The van der Waals surface area contributed by atoms with Crippen molar-refractivity contribution >= 4 is 23.3 Å². The van der Waals surface area contributed by atoms with E-state index in [-0.39, 0.29) is 11.2 Å². The molecule has 0 unspecified atom stereocenters. The molecule has 1 aliphatic rings. The molecule has 1 aliphatic heterocycles. The first-order valence-corrected chi connectivity index (χ1v) is 11.2. The fourth-order valence-corrected chi connectivity index (χ4v) is 4.07. The molecule has 1 saturated heterocycles. The number of rotatable bonds is 7. The molecule has 8 nitrogen and oxygen atoms in total. The lowest BCUT2D eigenvalue weighted by atomic mass is 10.0. The molecule has 0 atom stereocenters. The predicted octanol–water partition coefficient (Wildman–Crippen LogP) is 2.91. The Kier molecular flexibility index (Phi) is 6.60. The van der Waals surface area contributed by atoms with Crippen LogP contribution < -0.4 is 16.0 Å². The number of benzene rings is 1. The minimum atomic E-state index is -0.322. The molecule has 3 aromatic rings. The summed E-state index contributed by atoms with van der Waals surface area (Å²) in [5.74, 6) is 2.02. The molecule has 0 amide bonds. The Morgan fingerprint density at radius 1 is 1.06 bits per heavy atom. The van der Waals surface area contributed by atoms with E-state index < -0.39 is 0 Å². The number of aromatic nitrogens is 4. The van der Waals surface area contributed by atoms with Gasteiger partial charge in [-0.3, -0.25) is 13.9 Å². The normalized spacial score (nSPS) is 15.1. The zero-order chi connectivity index (χ0) is 22.7. The highest BCUT2D eigenvalue weighted by Crippen LogP contribution is 2.19. The van der Waals surface area contributed by atoms with Crippen molar-refractivity contribution in [2.45, 2.75) is 39.8 Å². The van der Waals surface area contributed by atoms with Crippen molar-refractivity contribution in [3.63, 3.8) is 0 Å². The van der Waals surface area contributed by atoms with Crippen LogP contribution in [0.2, 0.25) is 0 Å². The summed E-state index contributed by atoms with van der Waals surface area (Å²) in [5.41, 5.74) is 1.22. The zero-order valence-corrected chi connectivity index (χ0v) is 18.9. The second-order valence-electron chi connectivity index (χ2n) is 8.05. The average Bonchev–Trinajstić information content (AvgIpc) is 3.14. The molecule has 3 heterocycles. The van der Waals surface area contributed by atoms with Crippen molar-refractivity contribution in [3.05, 3.63) is 56.5 Å². The lowest BCUT2D eigenvalue weighted by Gasteiger charge is -2.22. The largest absolute Gasteiger partial charge is 0.493 e. The van der Waals surface area contributed by atoms with E-state index in [1.807, 2.05) is 43.3 Å². The molecule has 0 N–H and O–H groups in total. The molecule has 2 aromatic heterocycles. The molecule has 170 valence electrons. The molecule has 0 spiro atoms. The summed E-state index contributed by atoms with van der Waals surface area (Å²) < 4.78 is 15.9. The van der Waals surface area contributed by atoms with Crippen LogP contribution in [-0.4, -0.2) is 38.5 Å². The number of hydrogen-bond donors (Lipinski definition) is 0. The van der Waals surface area contributed by atoms with Gasteiger partial charge in [0.15, 0.2) is 11.2 Å². The molecule has 0 aliphatic carbocycles. The van der Waals surface area contributed by atoms with Crippen LogP contribution in [0.25, 0.3) is 23.3 Å². The standard InChI is InChI=1S/C24H30N4O4/c1-4-27-22-21(23(29)28(5-2)24(27)30)26(3)20(25-22)11-8-17-6-9-19(10-7-17)32-16-18-12-14-31-15-13-18/h6-11,18H,4-5,12-16H2,1-3H3. The first-order valence-electron chi connectivity index (χ1n) is 11.2. The van der Waals surface area contributed by atoms with E-state index >= 15 is 0 Å². The molecule has 4 rings (SSSR count). The SMILES string of the molecule is CCn1c(=O)c2c(nc(C=Cc3ccc(OCC4CCOCC4)cc3)n2C)n(CC)c1=O. The van der Waals surface area contributed by atoms with Gasteiger partial charge in [-0.2, -0.15) is 0 Å². The van der Waals surface area contributed by atoms with Crippen molar-refractivity contribution in [2.24, 2.45) is 13.0 Å². The smallest absolute Gasteiger partial charge is 0.332 e. The number of nitrogens with zero attached hydrogens (tertiary/aromatic N) is 4. The van der Waals surface area contributed by atoms with Gasteiger partial charge in [0, 0.05) is 33.4 Å². The minimum Gasteiger partial charge on any atom is -0.493 e. The molecular weight excluding hydrogens is 408 g/mol. The van der Waals surface area contributed by atoms with E-state index in [0.717, 1.165) is 37.4 Å². The van der Waals surface area contributed by atoms with Crippen LogP contribution in [0.3, 0.4) is 0 Å². The van der Waals surface area contributed by atoms with Crippen molar-refractivity contribution in [2.75, 3.05) is 19.8 Å². The second-order valence-corrected chi connectivity index (χ2v) is 8.05. The van der Waals surface area contributed by atoms with Crippen LogP contribution in [0.15, 0.2) is 33.9 Å². The molecule has 0 radical (unpaired) electrons. The van der Waals surface area contributed by atoms with Gasteiger partial charge in [0.25, 0.3) is 5.56 Å². The van der Waals surface area contributed by atoms with Crippen molar-refractivity contribution in [1.82, 2.24) is 18.7 Å². The Morgan fingerprint density at radius 2 is 1.75 bits per heavy atom. The number of hydrogen-bond acceptors (Lipinski definition) is 5. The number of aryl methyl sites for hydroxylation is 2. The van der Waals surface area contributed by atoms with Gasteiger partial charge in [-0.05, 0) is 56.4 Å². The van der Waals surface area contributed by atoms with Gasteiger partial charge in [0.1, 0.15) is 11.6 Å². The molecule has 8 heteroatoms. The number of fused-ring (bicyclic) bond motifs is 1. The van der Waals surface area contributed by atoms with Crippen molar-refractivity contribution in [1.29, 1.82) is 0 Å². The summed E-state index contributed by atoms with van der Waals surface area (Å²) in [6.07, 6.45) is 5.90. The van der Waals surface area contributed by atoms with Crippen LogP contribution in [0, 0.1) is 5.92 Å². The Morgan fingerprint density at radius 3 is 2.41 bits per heavy atom. The van der Waals surface area contributed by atoms with Gasteiger partial charge in [-0.1, -0.05) is 18.2 Å². The first-order chi connectivity index (χ1) is 15.5. The lowest BCUT2D eigenvalue weighted by molar-refractivity contribution is 0.0497. The van der Waals surface area contributed by atoms with E-state index in [9.17, 15) is 9.59 Å². The summed E-state index contributed by atoms with van der Waals surface area (Å²) in [5, 5.41) is 0. The molecule has 0 saturated carbocycles. The van der Waals surface area contributed by atoms with Crippen LogP contribution in [0.1, 0.15) is 38.1 Å². The third-order valence-electron chi connectivity index (χ3n) is 6.04. The maximum Gasteiger partial charge on any atom is 0.332 e. The van der Waals surface area contributed by atoms with E-state index in [1.54, 1.807) is 23.1 Å². The monoisotopic (exact) mass is 438 g/mol. The quantitative estimate of drug-likeness (QED) is 0.567. The number of imidazole rings is 1.